The number of ketones is 1. The van der Waals surface area contributed by atoms with Crippen molar-refractivity contribution in [1.82, 2.24) is 14.6 Å². The van der Waals surface area contributed by atoms with E-state index in [0.717, 1.165) is 11.4 Å². The molecule has 0 saturated carbocycles. The standard InChI is InChI=1S/C14H12N4O2S/c1-2-11-17-18-12(15)10(13(20)16-14(18)21-11)7-8-3-5-9(19)6-4-8/h3-7H,2,15H2,1H3. The van der Waals surface area contributed by atoms with Crippen LogP contribution in [0.25, 0.3) is 11.0 Å². The summed E-state index contributed by atoms with van der Waals surface area (Å²) in [5, 5.41) is 5.19. The maximum atomic E-state index is 12.1. The minimum absolute atomic E-state index is 0.0856. The monoisotopic (exact) mass is 300 g/mol. The molecule has 0 spiro atoms. The van der Waals surface area contributed by atoms with Gasteiger partial charge in [0.2, 0.25) is 4.96 Å². The third kappa shape index (κ3) is 2.43. The molecule has 6 nitrogen and oxygen atoms in total. The van der Waals surface area contributed by atoms with Crippen LogP contribution in [0.3, 0.4) is 0 Å². The van der Waals surface area contributed by atoms with Crippen molar-refractivity contribution < 1.29 is 4.79 Å². The number of nitrogens with two attached hydrogens (primary N) is 1. The summed E-state index contributed by atoms with van der Waals surface area (Å²) in [6.07, 6.45) is 8.50. The van der Waals surface area contributed by atoms with Crippen molar-refractivity contribution in [2.75, 3.05) is 5.73 Å². The van der Waals surface area contributed by atoms with E-state index < -0.39 is 5.56 Å². The Balaban J connectivity index is 2.17. The molecule has 0 atom stereocenters. The zero-order chi connectivity index (χ0) is 15.0. The lowest BCUT2D eigenvalue weighted by Gasteiger charge is -2.03. The van der Waals surface area contributed by atoms with Crippen molar-refractivity contribution in [3.05, 3.63) is 50.8 Å². The molecular formula is C14H12N4O2S. The van der Waals surface area contributed by atoms with Gasteiger partial charge in [-0.3, -0.25) is 9.59 Å². The molecule has 1 aliphatic rings. The molecule has 7 heteroatoms. The first-order valence-electron chi connectivity index (χ1n) is 6.38. The molecule has 0 aromatic carbocycles. The number of carbonyl (C=O) groups excluding carboxylic acids is 1. The molecular weight excluding hydrogens is 288 g/mol. The summed E-state index contributed by atoms with van der Waals surface area (Å²) in [7, 11) is 0. The number of allylic oxidation sites excluding steroid dienone is 5. The average molecular weight is 300 g/mol. The number of fused-ring (bicyclic) bond motifs is 1. The van der Waals surface area contributed by atoms with Gasteiger partial charge in [-0.05, 0) is 30.2 Å². The Kier molecular flexibility index (Phi) is 3.26. The number of nitrogen functional groups attached to an aromatic ring is 1. The largest absolute Gasteiger partial charge is 0.383 e. The van der Waals surface area contributed by atoms with Crippen LogP contribution in [0.4, 0.5) is 5.82 Å². The number of rotatable bonds is 2. The second-order valence-corrected chi connectivity index (χ2v) is 5.51. The summed E-state index contributed by atoms with van der Waals surface area (Å²) >= 11 is 1.35. The van der Waals surface area contributed by atoms with Gasteiger partial charge in [0, 0.05) is 0 Å². The SMILES string of the molecule is CCc1nn2c(N)c(C=C3C=CC(=O)C=C3)c(=O)nc2s1. The van der Waals surface area contributed by atoms with Crippen molar-refractivity contribution in [3.8, 4) is 0 Å². The summed E-state index contributed by atoms with van der Waals surface area (Å²) in [4.78, 5) is 27.7. The van der Waals surface area contributed by atoms with Crippen molar-refractivity contribution in [2.45, 2.75) is 13.3 Å². The minimum Gasteiger partial charge on any atom is -0.383 e. The Bertz CT molecular complexity index is 868. The van der Waals surface area contributed by atoms with Gasteiger partial charge < -0.3 is 5.73 Å². The Morgan fingerprint density at radius 1 is 1.29 bits per heavy atom. The van der Waals surface area contributed by atoms with Gasteiger partial charge in [0.05, 0.1) is 5.56 Å². The average Bonchev–Trinajstić information content (AvgIpc) is 2.88. The van der Waals surface area contributed by atoms with Gasteiger partial charge in [-0.1, -0.05) is 30.4 Å². The number of carbonyl (C=O) groups is 1. The van der Waals surface area contributed by atoms with Crippen LogP contribution in [0.1, 0.15) is 17.5 Å². The number of nitrogens with zero attached hydrogens (tertiary/aromatic N) is 3. The quantitative estimate of drug-likeness (QED) is 0.904. The molecule has 2 aromatic heterocycles. The third-order valence-corrected chi connectivity index (χ3v) is 4.08. The Labute approximate surface area is 123 Å². The van der Waals surface area contributed by atoms with Crippen molar-refractivity contribution in [3.63, 3.8) is 0 Å². The number of hydrogen-bond acceptors (Lipinski definition) is 6. The van der Waals surface area contributed by atoms with Crippen LogP contribution in [-0.4, -0.2) is 20.4 Å². The highest BCUT2D eigenvalue weighted by atomic mass is 32.1. The van der Waals surface area contributed by atoms with E-state index in [1.807, 2.05) is 6.92 Å². The second-order valence-electron chi connectivity index (χ2n) is 4.47. The Morgan fingerprint density at radius 3 is 2.67 bits per heavy atom. The first-order valence-corrected chi connectivity index (χ1v) is 7.20. The molecule has 2 N–H and O–H groups in total. The van der Waals surface area contributed by atoms with Gasteiger partial charge in [0.15, 0.2) is 5.78 Å². The molecule has 21 heavy (non-hydrogen) atoms. The molecule has 0 unspecified atom stereocenters. The fraction of sp³-hybridized carbons (Fsp3) is 0.143. The van der Waals surface area contributed by atoms with Crippen LogP contribution in [0.5, 0.6) is 0 Å². The lowest BCUT2D eigenvalue weighted by atomic mass is 10.1. The van der Waals surface area contributed by atoms with Crippen molar-refractivity contribution in [2.24, 2.45) is 0 Å². The molecule has 3 rings (SSSR count). The molecule has 1 aliphatic carbocycles. The van der Waals surface area contributed by atoms with E-state index in [1.54, 1.807) is 18.2 Å². The van der Waals surface area contributed by atoms with Crippen LogP contribution < -0.4 is 11.3 Å². The Morgan fingerprint density at radius 2 is 2.00 bits per heavy atom. The van der Waals surface area contributed by atoms with Crippen LogP contribution >= 0.6 is 11.3 Å². The van der Waals surface area contributed by atoms with Gasteiger partial charge in [-0.25, -0.2) is 0 Å². The lowest BCUT2D eigenvalue weighted by Crippen LogP contribution is -2.16. The van der Waals surface area contributed by atoms with E-state index in [4.69, 9.17) is 5.73 Å². The first-order chi connectivity index (χ1) is 10.1. The summed E-state index contributed by atoms with van der Waals surface area (Å²) in [6, 6.07) is 0. The molecule has 0 aliphatic heterocycles. The molecule has 2 aromatic rings. The van der Waals surface area contributed by atoms with E-state index in [1.165, 1.54) is 28.0 Å². The molecule has 0 radical (unpaired) electrons. The predicted molar refractivity (Wildman–Crippen MR) is 82.2 cm³/mol. The maximum Gasteiger partial charge on any atom is 0.283 e. The van der Waals surface area contributed by atoms with Crippen LogP contribution in [-0.2, 0) is 11.2 Å². The first kappa shape index (κ1) is 13.4. The van der Waals surface area contributed by atoms with Crippen LogP contribution in [0.2, 0.25) is 0 Å². The molecule has 0 fully saturated rings. The molecule has 0 amide bonds. The highest BCUT2D eigenvalue weighted by Crippen LogP contribution is 2.19. The molecule has 0 bridgehead atoms. The Hall–Kier alpha value is -2.54. The third-order valence-electron chi connectivity index (χ3n) is 3.03. The van der Waals surface area contributed by atoms with Crippen LogP contribution in [0.15, 0.2) is 34.7 Å². The van der Waals surface area contributed by atoms with E-state index in [0.29, 0.717) is 10.5 Å². The van der Waals surface area contributed by atoms with Gasteiger partial charge in [0.25, 0.3) is 5.56 Å². The van der Waals surface area contributed by atoms with Crippen molar-refractivity contribution >= 4 is 34.0 Å². The van der Waals surface area contributed by atoms with E-state index in [2.05, 4.69) is 10.1 Å². The highest BCUT2D eigenvalue weighted by molar-refractivity contribution is 7.16. The fourth-order valence-electron chi connectivity index (χ4n) is 1.93. The van der Waals surface area contributed by atoms with E-state index in [9.17, 15) is 9.59 Å². The van der Waals surface area contributed by atoms with Crippen LogP contribution in [0, 0.1) is 0 Å². The van der Waals surface area contributed by atoms with Gasteiger partial charge in [0.1, 0.15) is 10.8 Å². The number of anilines is 1. The number of hydrogen-bond donors (Lipinski definition) is 1. The zero-order valence-corrected chi connectivity index (χ0v) is 12.1. The van der Waals surface area contributed by atoms with E-state index >= 15 is 0 Å². The van der Waals surface area contributed by atoms with E-state index in [-0.39, 0.29) is 17.2 Å². The number of aryl methyl sites for hydroxylation is 1. The summed E-state index contributed by atoms with van der Waals surface area (Å²) in [6.45, 7) is 1.98. The lowest BCUT2D eigenvalue weighted by molar-refractivity contribution is -0.110. The predicted octanol–water partition coefficient (Wildman–Crippen LogP) is 1.37. The molecule has 0 saturated heterocycles. The maximum absolute atomic E-state index is 12.1. The number of aromatic nitrogens is 3. The normalized spacial score (nSPS) is 14.1. The summed E-state index contributed by atoms with van der Waals surface area (Å²) < 4.78 is 1.48. The van der Waals surface area contributed by atoms with Gasteiger partial charge in [-0.2, -0.15) is 14.6 Å². The minimum atomic E-state index is -0.398. The highest BCUT2D eigenvalue weighted by Gasteiger charge is 2.13. The molecule has 2 heterocycles. The fourth-order valence-corrected chi connectivity index (χ4v) is 2.76. The zero-order valence-electron chi connectivity index (χ0n) is 11.2. The topological polar surface area (TPSA) is 90.4 Å². The summed E-state index contributed by atoms with van der Waals surface area (Å²) in [5.41, 5.74) is 6.63. The smallest absolute Gasteiger partial charge is 0.283 e. The summed E-state index contributed by atoms with van der Waals surface area (Å²) in [5.74, 6) is 0.171. The van der Waals surface area contributed by atoms with Gasteiger partial charge >= 0.3 is 0 Å². The second kappa shape index (κ2) is 5.10. The van der Waals surface area contributed by atoms with Gasteiger partial charge in [-0.15, -0.1) is 0 Å². The molecule has 106 valence electrons. The van der Waals surface area contributed by atoms with Crippen molar-refractivity contribution in [1.29, 1.82) is 0 Å².